The first-order chi connectivity index (χ1) is 12.7. The van der Waals surface area contributed by atoms with Crippen molar-refractivity contribution in [2.75, 3.05) is 0 Å². The maximum absolute atomic E-state index is 12.9. The molecule has 1 N–H and O–H groups in total. The van der Waals surface area contributed by atoms with E-state index < -0.39 is 12.1 Å². The Balaban J connectivity index is 1.77. The van der Waals surface area contributed by atoms with Crippen molar-refractivity contribution in [2.24, 2.45) is 0 Å². The molecule has 2 atom stereocenters. The van der Waals surface area contributed by atoms with Crippen LogP contribution in [0.3, 0.4) is 0 Å². The molecule has 1 amide bonds. The van der Waals surface area contributed by atoms with Gasteiger partial charge in [-0.25, -0.2) is 0 Å². The molecule has 26 heavy (non-hydrogen) atoms. The number of benzene rings is 3. The smallest absolute Gasteiger partial charge is 0.227 e. The highest BCUT2D eigenvalue weighted by atomic mass is 16.3. The Morgan fingerprint density at radius 2 is 1.50 bits per heavy atom. The number of hydrogen-bond acceptors (Lipinski definition) is 2. The molecule has 0 spiro atoms. The highest BCUT2D eigenvalue weighted by molar-refractivity contribution is 5.82. The van der Waals surface area contributed by atoms with Gasteiger partial charge in [-0.1, -0.05) is 84.9 Å². The molecule has 0 fully saturated rings. The highest BCUT2D eigenvalue weighted by Crippen LogP contribution is 2.40. The molecule has 1 aliphatic rings. The van der Waals surface area contributed by atoms with Crippen LogP contribution in [0.4, 0.5) is 0 Å². The van der Waals surface area contributed by atoms with E-state index in [1.807, 2.05) is 89.8 Å². The zero-order valence-electron chi connectivity index (χ0n) is 14.5. The van der Waals surface area contributed by atoms with Crippen LogP contribution in [0.15, 0.2) is 84.9 Å². The van der Waals surface area contributed by atoms with Crippen molar-refractivity contribution in [2.45, 2.75) is 25.1 Å². The minimum atomic E-state index is -0.773. The molecular weight excluding hydrogens is 322 g/mol. The van der Waals surface area contributed by atoms with Crippen molar-refractivity contribution in [1.82, 2.24) is 4.90 Å². The number of carbonyl (C=O) groups excluding carboxylic acids is 1. The van der Waals surface area contributed by atoms with Gasteiger partial charge in [0.25, 0.3) is 0 Å². The first kappa shape index (κ1) is 16.6. The van der Waals surface area contributed by atoms with Gasteiger partial charge in [-0.15, -0.1) is 0 Å². The van der Waals surface area contributed by atoms with Crippen molar-refractivity contribution < 1.29 is 9.90 Å². The minimum absolute atomic E-state index is 0.0486. The van der Waals surface area contributed by atoms with Crippen molar-refractivity contribution in [1.29, 1.82) is 0 Å². The summed E-state index contributed by atoms with van der Waals surface area (Å²) in [6.07, 6.45) is -0.397. The summed E-state index contributed by atoms with van der Waals surface area (Å²) in [4.78, 5) is 14.7. The third-order valence-corrected chi connectivity index (χ3v) is 5.01. The van der Waals surface area contributed by atoms with Crippen molar-refractivity contribution in [3.63, 3.8) is 0 Å². The summed E-state index contributed by atoms with van der Waals surface area (Å²) in [5.74, 6) is 0.0486. The number of fused-ring (bicyclic) bond motifs is 1. The second-order valence-corrected chi connectivity index (χ2v) is 6.68. The summed E-state index contributed by atoms with van der Waals surface area (Å²) in [6.45, 7) is 0.489. The van der Waals surface area contributed by atoms with Gasteiger partial charge in [-0.05, 0) is 22.3 Å². The summed E-state index contributed by atoms with van der Waals surface area (Å²) >= 11 is 0. The van der Waals surface area contributed by atoms with E-state index in [-0.39, 0.29) is 5.91 Å². The van der Waals surface area contributed by atoms with Crippen LogP contribution < -0.4 is 0 Å². The lowest BCUT2D eigenvalue weighted by Crippen LogP contribution is -2.42. The van der Waals surface area contributed by atoms with E-state index in [4.69, 9.17) is 0 Å². The lowest BCUT2D eigenvalue weighted by Gasteiger charge is -2.40. The fourth-order valence-electron chi connectivity index (χ4n) is 3.71. The summed E-state index contributed by atoms with van der Waals surface area (Å²) < 4.78 is 0. The number of rotatable bonds is 4. The summed E-state index contributed by atoms with van der Waals surface area (Å²) in [6, 6.07) is 27.0. The Hall–Kier alpha value is -2.91. The zero-order chi connectivity index (χ0) is 17.9. The Morgan fingerprint density at radius 3 is 2.23 bits per heavy atom. The molecule has 0 bridgehead atoms. The number of aliphatic hydroxyl groups excluding tert-OH is 1. The van der Waals surface area contributed by atoms with E-state index in [1.165, 1.54) is 0 Å². The predicted octanol–water partition coefficient (Wildman–Crippen LogP) is 4.05. The average molecular weight is 343 g/mol. The largest absolute Gasteiger partial charge is 0.386 e. The van der Waals surface area contributed by atoms with E-state index in [0.29, 0.717) is 13.0 Å². The second kappa shape index (κ2) is 7.14. The van der Waals surface area contributed by atoms with Crippen LogP contribution in [0.5, 0.6) is 0 Å². The van der Waals surface area contributed by atoms with E-state index in [1.54, 1.807) is 0 Å². The summed E-state index contributed by atoms with van der Waals surface area (Å²) in [5, 5.41) is 11.2. The predicted molar refractivity (Wildman–Crippen MR) is 101 cm³/mol. The SMILES string of the molecule is O=C1Cc2ccccc2C(C(O)c2ccccc2)N1Cc1ccccc1. The quantitative estimate of drug-likeness (QED) is 0.776. The molecule has 1 heterocycles. The number of nitrogens with zero attached hydrogens (tertiary/aromatic N) is 1. The molecule has 0 aliphatic carbocycles. The van der Waals surface area contributed by atoms with Gasteiger partial charge in [0.1, 0.15) is 6.10 Å². The van der Waals surface area contributed by atoms with Gasteiger partial charge in [0.2, 0.25) is 5.91 Å². The first-order valence-electron chi connectivity index (χ1n) is 8.88. The molecule has 4 rings (SSSR count). The van der Waals surface area contributed by atoms with Crippen LogP contribution in [-0.2, 0) is 17.8 Å². The van der Waals surface area contributed by atoms with E-state index in [0.717, 1.165) is 22.3 Å². The third kappa shape index (κ3) is 3.14. The lowest BCUT2D eigenvalue weighted by atomic mass is 9.86. The Labute approximate surface area is 153 Å². The van der Waals surface area contributed by atoms with E-state index >= 15 is 0 Å². The molecule has 3 nitrogen and oxygen atoms in total. The molecule has 3 heteroatoms. The summed E-state index contributed by atoms with van der Waals surface area (Å²) in [7, 11) is 0. The van der Waals surface area contributed by atoms with Gasteiger partial charge in [0.15, 0.2) is 0 Å². The fraction of sp³-hybridized carbons (Fsp3) is 0.174. The molecule has 130 valence electrons. The average Bonchev–Trinajstić information content (AvgIpc) is 2.69. The second-order valence-electron chi connectivity index (χ2n) is 6.68. The fourth-order valence-corrected chi connectivity index (χ4v) is 3.71. The van der Waals surface area contributed by atoms with Gasteiger partial charge >= 0.3 is 0 Å². The molecule has 0 saturated heterocycles. The minimum Gasteiger partial charge on any atom is -0.386 e. The van der Waals surface area contributed by atoms with Crippen molar-refractivity contribution in [3.8, 4) is 0 Å². The topological polar surface area (TPSA) is 40.5 Å². The van der Waals surface area contributed by atoms with Gasteiger partial charge in [0.05, 0.1) is 12.5 Å². The molecule has 0 radical (unpaired) electrons. The van der Waals surface area contributed by atoms with Crippen LogP contribution in [0.25, 0.3) is 0 Å². The Kier molecular flexibility index (Phi) is 4.55. The molecule has 0 saturated carbocycles. The van der Waals surface area contributed by atoms with Crippen molar-refractivity contribution >= 4 is 5.91 Å². The molecule has 0 aromatic heterocycles. The van der Waals surface area contributed by atoms with Gasteiger partial charge in [-0.3, -0.25) is 4.79 Å². The Bertz CT molecular complexity index is 892. The monoisotopic (exact) mass is 343 g/mol. The first-order valence-corrected chi connectivity index (χ1v) is 8.88. The molecule has 1 aliphatic heterocycles. The van der Waals surface area contributed by atoms with Crippen LogP contribution in [0.2, 0.25) is 0 Å². The van der Waals surface area contributed by atoms with Crippen LogP contribution in [-0.4, -0.2) is 15.9 Å². The van der Waals surface area contributed by atoms with Gasteiger partial charge in [-0.2, -0.15) is 0 Å². The molecular formula is C23H21NO2. The van der Waals surface area contributed by atoms with E-state index in [9.17, 15) is 9.90 Å². The summed E-state index contributed by atoms with van der Waals surface area (Å²) in [5.41, 5.74) is 3.91. The number of hydrogen-bond donors (Lipinski definition) is 1. The third-order valence-electron chi connectivity index (χ3n) is 5.01. The van der Waals surface area contributed by atoms with E-state index in [2.05, 4.69) is 0 Å². The molecule has 3 aromatic rings. The zero-order valence-corrected chi connectivity index (χ0v) is 14.5. The number of carbonyl (C=O) groups is 1. The Morgan fingerprint density at radius 1 is 0.885 bits per heavy atom. The van der Waals surface area contributed by atoms with Crippen LogP contribution >= 0.6 is 0 Å². The van der Waals surface area contributed by atoms with Crippen molar-refractivity contribution in [3.05, 3.63) is 107 Å². The standard InChI is InChI=1S/C23H21NO2/c25-21-15-19-13-7-8-14-20(19)22(23(26)18-11-5-2-6-12-18)24(21)16-17-9-3-1-4-10-17/h1-14,22-23,26H,15-16H2. The van der Waals surface area contributed by atoms with Crippen LogP contribution in [0.1, 0.15) is 34.4 Å². The number of aliphatic hydroxyl groups is 1. The normalized spacial score (nSPS) is 17.7. The van der Waals surface area contributed by atoms with Crippen LogP contribution in [0, 0.1) is 0 Å². The maximum Gasteiger partial charge on any atom is 0.227 e. The molecule has 2 unspecified atom stereocenters. The number of amides is 1. The van der Waals surface area contributed by atoms with Gasteiger partial charge in [0, 0.05) is 6.54 Å². The maximum atomic E-state index is 12.9. The highest BCUT2D eigenvalue weighted by Gasteiger charge is 2.37. The van der Waals surface area contributed by atoms with Gasteiger partial charge < -0.3 is 10.0 Å². The lowest BCUT2D eigenvalue weighted by molar-refractivity contribution is -0.138. The molecule has 3 aromatic carbocycles.